The number of nitrogens with zero attached hydrogens (tertiary/aromatic N) is 2. The zero-order valence-electron chi connectivity index (χ0n) is 12.0. The van der Waals surface area contributed by atoms with Crippen molar-refractivity contribution in [2.75, 3.05) is 5.32 Å². The van der Waals surface area contributed by atoms with Gasteiger partial charge in [-0.15, -0.1) is 0 Å². The Bertz CT molecular complexity index is 794. The number of carbonyl (C=O) groups excluding carboxylic acids is 1. The van der Waals surface area contributed by atoms with Crippen LogP contribution in [0.1, 0.15) is 5.56 Å². The number of nitrogens with one attached hydrogen (secondary N) is 1. The Hall–Kier alpha value is -2.30. The van der Waals surface area contributed by atoms with Gasteiger partial charge >= 0.3 is 0 Å². The maximum Gasteiger partial charge on any atom is 0.228 e. The Kier molecular flexibility index (Phi) is 4.65. The number of halogens is 2. The van der Waals surface area contributed by atoms with Crippen LogP contribution in [-0.4, -0.2) is 15.5 Å². The molecule has 1 aromatic heterocycles. The largest absolute Gasteiger partial charge is 0.326 e. The summed E-state index contributed by atoms with van der Waals surface area (Å²) >= 11 is 12.2. The second-order valence-electron chi connectivity index (χ2n) is 4.94. The van der Waals surface area contributed by atoms with Gasteiger partial charge in [-0.1, -0.05) is 29.3 Å². The second-order valence-corrected chi connectivity index (χ2v) is 5.76. The third-order valence-electron chi connectivity index (χ3n) is 3.35. The van der Waals surface area contributed by atoms with Gasteiger partial charge in [-0.3, -0.25) is 4.79 Å². The monoisotopic (exact) mass is 345 g/mol. The minimum absolute atomic E-state index is 0.127. The Labute approximate surface area is 143 Å². The molecule has 0 atom stereocenters. The molecule has 23 heavy (non-hydrogen) atoms. The van der Waals surface area contributed by atoms with Crippen LogP contribution in [0.4, 0.5) is 5.69 Å². The molecule has 0 spiro atoms. The number of hydrogen-bond acceptors (Lipinski definition) is 2. The second kappa shape index (κ2) is 6.86. The summed E-state index contributed by atoms with van der Waals surface area (Å²) in [6.45, 7) is 0. The molecular weight excluding hydrogens is 333 g/mol. The molecule has 0 fully saturated rings. The molecule has 0 radical (unpaired) electrons. The van der Waals surface area contributed by atoms with Gasteiger partial charge in [0.15, 0.2) is 0 Å². The number of amides is 1. The summed E-state index contributed by atoms with van der Waals surface area (Å²) in [4.78, 5) is 16.2. The van der Waals surface area contributed by atoms with Crippen LogP contribution in [-0.2, 0) is 11.2 Å². The minimum Gasteiger partial charge on any atom is -0.326 e. The molecule has 1 amide bonds. The number of benzene rings is 2. The van der Waals surface area contributed by atoms with E-state index in [4.69, 9.17) is 23.2 Å². The molecule has 6 heteroatoms. The molecule has 0 aliphatic carbocycles. The van der Waals surface area contributed by atoms with E-state index in [1.54, 1.807) is 30.7 Å². The normalized spacial score (nSPS) is 10.5. The smallest absolute Gasteiger partial charge is 0.228 e. The van der Waals surface area contributed by atoms with E-state index in [0.29, 0.717) is 21.3 Å². The maximum atomic E-state index is 12.2. The standard InChI is InChI=1S/C17H13Cl2N3O/c18-15-2-1-3-16(19)14(15)10-17(23)21-12-4-6-13(7-5-12)22-9-8-20-11-22/h1-9,11H,10H2,(H,21,23). The highest BCUT2D eigenvalue weighted by Crippen LogP contribution is 2.25. The molecule has 0 aliphatic heterocycles. The van der Waals surface area contributed by atoms with Crippen LogP contribution in [0.5, 0.6) is 0 Å². The van der Waals surface area contributed by atoms with Gasteiger partial charge in [0.05, 0.1) is 12.7 Å². The summed E-state index contributed by atoms with van der Waals surface area (Å²) in [5.41, 5.74) is 2.31. The first-order valence-electron chi connectivity index (χ1n) is 6.94. The molecule has 4 nitrogen and oxygen atoms in total. The van der Waals surface area contributed by atoms with Gasteiger partial charge in [-0.25, -0.2) is 4.98 Å². The minimum atomic E-state index is -0.171. The Balaban J connectivity index is 1.68. The van der Waals surface area contributed by atoms with Crippen molar-refractivity contribution in [3.05, 3.63) is 76.8 Å². The van der Waals surface area contributed by atoms with Gasteiger partial charge in [-0.05, 0) is 42.0 Å². The summed E-state index contributed by atoms with van der Waals surface area (Å²) in [6, 6.07) is 12.7. The van der Waals surface area contributed by atoms with E-state index >= 15 is 0 Å². The van der Waals surface area contributed by atoms with E-state index in [1.807, 2.05) is 35.0 Å². The number of imidazole rings is 1. The first-order chi connectivity index (χ1) is 11.1. The van der Waals surface area contributed by atoms with Gasteiger partial charge in [0.25, 0.3) is 0 Å². The average Bonchev–Trinajstić information content (AvgIpc) is 3.06. The maximum absolute atomic E-state index is 12.2. The van der Waals surface area contributed by atoms with Gasteiger partial charge in [0, 0.05) is 33.8 Å². The molecule has 0 saturated carbocycles. The SMILES string of the molecule is O=C(Cc1c(Cl)cccc1Cl)Nc1ccc(-n2ccnc2)cc1. The van der Waals surface area contributed by atoms with Crippen molar-refractivity contribution >= 4 is 34.8 Å². The number of hydrogen-bond donors (Lipinski definition) is 1. The molecule has 1 heterocycles. The Morgan fingerprint density at radius 2 is 1.78 bits per heavy atom. The van der Waals surface area contributed by atoms with Crippen LogP contribution in [0.3, 0.4) is 0 Å². The molecule has 0 bridgehead atoms. The number of anilines is 1. The van der Waals surface area contributed by atoms with Gasteiger partial charge in [0.2, 0.25) is 5.91 Å². The highest BCUT2D eigenvalue weighted by Gasteiger charge is 2.11. The zero-order valence-corrected chi connectivity index (χ0v) is 13.6. The summed E-state index contributed by atoms with van der Waals surface area (Å²) < 4.78 is 1.88. The summed E-state index contributed by atoms with van der Waals surface area (Å²) in [5, 5.41) is 3.81. The highest BCUT2D eigenvalue weighted by molar-refractivity contribution is 6.36. The van der Waals surface area contributed by atoms with Crippen molar-refractivity contribution in [3.63, 3.8) is 0 Å². The van der Waals surface area contributed by atoms with Crippen LogP contribution in [0.2, 0.25) is 10.0 Å². The van der Waals surface area contributed by atoms with Crippen molar-refractivity contribution in [3.8, 4) is 5.69 Å². The molecule has 3 rings (SSSR count). The lowest BCUT2D eigenvalue weighted by Crippen LogP contribution is -2.15. The fraction of sp³-hybridized carbons (Fsp3) is 0.0588. The van der Waals surface area contributed by atoms with Crippen LogP contribution in [0, 0.1) is 0 Å². The Morgan fingerprint density at radius 3 is 2.39 bits per heavy atom. The number of aromatic nitrogens is 2. The number of rotatable bonds is 4. The lowest BCUT2D eigenvalue weighted by molar-refractivity contribution is -0.115. The van der Waals surface area contributed by atoms with Crippen molar-refractivity contribution in [1.29, 1.82) is 0 Å². The van der Waals surface area contributed by atoms with Crippen molar-refractivity contribution in [2.24, 2.45) is 0 Å². The predicted octanol–water partition coefficient (Wildman–Crippen LogP) is 4.36. The molecule has 1 N–H and O–H groups in total. The van der Waals surface area contributed by atoms with Gasteiger partial charge in [0.1, 0.15) is 0 Å². The zero-order chi connectivity index (χ0) is 16.2. The first kappa shape index (κ1) is 15.6. The molecule has 2 aromatic carbocycles. The van der Waals surface area contributed by atoms with Crippen LogP contribution < -0.4 is 5.32 Å². The Morgan fingerprint density at radius 1 is 1.09 bits per heavy atom. The van der Waals surface area contributed by atoms with E-state index in [1.165, 1.54) is 0 Å². The van der Waals surface area contributed by atoms with E-state index in [9.17, 15) is 4.79 Å². The van der Waals surface area contributed by atoms with Gasteiger partial charge < -0.3 is 9.88 Å². The quantitative estimate of drug-likeness (QED) is 0.763. The molecule has 0 aliphatic rings. The fourth-order valence-electron chi connectivity index (χ4n) is 2.20. The third-order valence-corrected chi connectivity index (χ3v) is 4.06. The molecule has 3 aromatic rings. The third kappa shape index (κ3) is 3.73. The molecule has 0 unspecified atom stereocenters. The summed E-state index contributed by atoms with van der Waals surface area (Å²) in [5.74, 6) is -0.171. The van der Waals surface area contributed by atoms with E-state index in [-0.39, 0.29) is 12.3 Å². The highest BCUT2D eigenvalue weighted by atomic mass is 35.5. The van der Waals surface area contributed by atoms with E-state index in [2.05, 4.69) is 10.3 Å². The topological polar surface area (TPSA) is 46.9 Å². The van der Waals surface area contributed by atoms with Crippen molar-refractivity contribution < 1.29 is 4.79 Å². The lowest BCUT2D eigenvalue weighted by Gasteiger charge is -2.09. The van der Waals surface area contributed by atoms with E-state index in [0.717, 1.165) is 5.69 Å². The predicted molar refractivity (Wildman–Crippen MR) is 92.4 cm³/mol. The van der Waals surface area contributed by atoms with Gasteiger partial charge in [-0.2, -0.15) is 0 Å². The summed E-state index contributed by atoms with van der Waals surface area (Å²) in [6.07, 6.45) is 5.41. The fourth-order valence-corrected chi connectivity index (χ4v) is 2.73. The first-order valence-corrected chi connectivity index (χ1v) is 7.70. The van der Waals surface area contributed by atoms with Crippen LogP contribution in [0.25, 0.3) is 5.69 Å². The van der Waals surface area contributed by atoms with Crippen LogP contribution in [0.15, 0.2) is 61.2 Å². The molecule has 0 saturated heterocycles. The van der Waals surface area contributed by atoms with Crippen molar-refractivity contribution in [1.82, 2.24) is 9.55 Å². The molecular formula is C17H13Cl2N3O. The summed E-state index contributed by atoms with van der Waals surface area (Å²) in [7, 11) is 0. The lowest BCUT2D eigenvalue weighted by atomic mass is 10.1. The average molecular weight is 346 g/mol. The van der Waals surface area contributed by atoms with E-state index < -0.39 is 0 Å². The molecule has 116 valence electrons. The number of carbonyl (C=O) groups is 1. The van der Waals surface area contributed by atoms with Crippen molar-refractivity contribution in [2.45, 2.75) is 6.42 Å². The van der Waals surface area contributed by atoms with Crippen LogP contribution >= 0.6 is 23.2 Å².